The van der Waals surface area contributed by atoms with E-state index in [2.05, 4.69) is 30.4 Å². The molecule has 0 saturated heterocycles. The maximum Gasteiger partial charge on any atom is 0.280 e. The van der Waals surface area contributed by atoms with Crippen LogP contribution in [0.3, 0.4) is 0 Å². The summed E-state index contributed by atoms with van der Waals surface area (Å²) in [6.07, 6.45) is 7.66. The molecular formula is C27H31FN8O3. The van der Waals surface area contributed by atoms with Crippen molar-refractivity contribution in [1.29, 1.82) is 0 Å². The second kappa shape index (κ2) is 11.6. The van der Waals surface area contributed by atoms with Gasteiger partial charge in [-0.1, -0.05) is 0 Å². The van der Waals surface area contributed by atoms with Crippen molar-refractivity contribution >= 4 is 22.8 Å². The summed E-state index contributed by atoms with van der Waals surface area (Å²) in [6.45, 7) is 4.78. The van der Waals surface area contributed by atoms with Crippen molar-refractivity contribution in [2.45, 2.75) is 58.2 Å². The minimum Gasteiger partial charge on any atom is -0.476 e. The lowest BCUT2D eigenvalue weighted by Gasteiger charge is -2.29. The molecule has 1 aromatic carbocycles. The summed E-state index contributed by atoms with van der Waals surface area (Å²) in [5.74, 6) is -0.452. The van der Waals surface area contributed by atoms with E-state index in [1.807, 2.05) is 24.5 Å². The Labute approximate surface area is 224 Å². The van der Waals surface area contributed by atoms with Crippen LogP contribution in [0.15, 0.2) is 54.2 Å². The van der Waals surface area contributed by atoms with E-state index in [9.17, 15) is 14.0 Å². The molecule has 0 atom stereocenters. The van der Waals surface area contributed by atoms with Gasteiger partial charge in [0, 0.05) is 29.6 Å². The van der Waals surface area contributed by atoms with Crippen LogP contribution in [-0.2, 0) is 11.3 Å². The number of aromatic nitrogens is 6. The highest BCUT2D eigenvalue weighted by Gasteiger charge is 2.29. The number of rotatable bonds is 8. The van der Waals surface area contributed by atoms with Crippen molar-refractivity contribution in [3.05, 3.63) is 66.2 Å². The SMILES string of the molecule is CC(C)NC(=O)C1CCC(n2/c(=N/C(=O)c3ccc(F)cc3)[nH]c3cnc(OCCn4cncn4)cc32)CC1. The number of imidazole rings is 1. The predicted octanol–water partition coefficient (Wildman–Crippen LogP) is 3.17. The Bertz CT molecular complexity index is 1500. The normalized spacial score (nSPS) is 18.0. The summed E-state index contributed by atoms with van der Waals surface area (Å²) in [7, 11) is 0. The molecule has 0 radical (unpaired) electrons. The van der Waals surface area contributed by atoms with E-state index in [0.29, 0.717) is 30.2 Å². The lowest BCUT2D eigenvalue weighted by atomic mass is 9.85. The van der Waals surface area contributed by atoms with Crippen LogP contribution in [0.4, 0.5) is 4.39 Å². The summed E-state index contributed by atoms with van der Waals surface area (Å²) in [4.78, 5) is 41.5. The first-order valence-electron chi connectivity index (χ1n) is 13.1. The highest BCUT2D eigenvalue weighted by atomic mass is 19.1. The molecule has 12 heteroatoms. The van der Waals surface area contributed by atoms with Crippen molar-refractivity contribution < 1.29 is 18.7 Å². The number of H-pyrrole nitrogens is 1. The molecule has 1 saturated carbocycles. The third kappa shape index (κ3) is 6.21. The van der Waals surface area contributed by atoms with Crippen LogP contribution in [0.25, 0.3) is 11.0 Å². The van der Waals surface area contributed by atoms with E-state index in [4.69, 9.17) is 4.74 Å². The van der Waals surface area contributed by atoms with E-state index in [0.717, 1.165) is 31.2 Å². The second-order valence-electron chi connectivity index (χ2n) is 9.96. The molecule has 3 heterocycles. The second-order valence-corrected chi connectivity index (χ2v) is 9.96. The largest absolute Gasteiger partial charge is 0.476 e. The highest BCUT2D eigenvalue weighted by molar-refractivity contribution is 5.94. The van der Waals surface area contributed by atoms with Crippen molar-refractivity contribution in [2.75, 3.05) is 6.61 Å². The maximum absolute atomic E-state index is 13.4. The Hall–Kier alpha value is -4.35. The molecule has 39 heavy (non-hydrogen) atoms. The summed E-state index contributed by atoms with van der Waals surface area (Å²) in [5, 5.41) is 7.08. The van der Waals surface area contributed by atoms with Crippen molar-refractivity contribution in [3.8, 4) is 5.88 Å². The van der Waals surface area contributed by atoms with Crippen LogP contribution in [0.5, 0.6) is 5.88 Å². The van der Waals surface area contributed by atoms with E-state index < -0.39 is 11.7 Å². The molecule has 3 aromatic heterocycles. The topological polar surface area (TPSA) is 132 Å². The van der Waals surface area contributed by atoms with Crippen LogP contribution in [0, 0.1) is 11.7 Å². The van der Waals surface area contributed by atoms with Gasteiger partial charge in [0.2, 0.25) is 17.4 Å². The number of amides is 2. The number of fused-ring (bicyclic) bond motifs is 1. The van der Waals surface area contributed by atoms with Gasteiger partial charge in [-0.15, -0.1) is 0 Å². The van der Waals surface area contributed by atoms with Crippen LogP contribution in [0.2, 0.25) is 0 Å². The van der Waals surface area contributed by atoms with Crippen LogP contribution in [0.1, 0.15) is 55.9 Å². The number of carbonyl (C=O) groups is 2. The zero-order valence-corrected chi connectivity index (χ0v) is 21.9. The van der Waals surface area contributed by atoms with Crippen molar-refractivity contribution in [3.63, 3.8) is 0 Å². The number of ether oxygens (including phenoxy) is 1. The summed E-state index contributed by atoms with van der Waals surface area (Å²) >= 11 is 0. The van der Waals surface area contributed by atoms with Crippen LogP contribution >= 0.6 is 0 Å². The van der Waals surface area contributed by atoms with Gasteiger partial charge < -0.3 is 19.6 Å². The molecule has 1 aliphatic carbocycles. The number of hydrogen-bond donors (Lipinski definition) is 2. The van der Waals surface area contributed by atoms with E-state index in [1.54, 1.807) is 17.2 Å². The smallest absolute Gasteiger partial charge is 0.280 e. The number of halogens is 1. The number of nitrogens with zero attached hydrogens (tertiary/aromatic N) is 6. The summed E-state index contributed by atoms with van der Waals surface area (Å²) < 4.78 is 22.9. The van der Waals surface area contributed by atoms with E-state index >= 15 is 0 Å². The molecule has 2 N–H and O–H groups in total. The molecular weight excluding hydrogens is 503 g/mol. The van der Waals surface area contributed by atoms with Gasteiger partial charge in [0.15, 0.2) is 0 Å². The molecule has 0 aliphatic heterocycles. The van der Waals surface area contributed by atoms with Gasteiger partial charge in [0.05, 0.1) is 23.8 Å². The van der Waals surface area contributed by atoms with Gasteiger partial charge in [-0.3, -0.25) is 9.59 Å². The molecule has 5 rings (SSSR count). The number of benzene rings is 1. The molecule has 0 spiro atoms. The average molecular weight is 535 g/mol. The zero-order chi connectivity index (χ0) is 27.4. The predicted molar refractivity (Wildman–Crippen MR) is 140 cm³/mol. The Balaban J connectivity index is 1.45. The first kappa shape index (κ1) is 26.3. The van der Waals surface area contributed by atoms with Gasteiger partial charge in [0.25, 0.3) is 5.91 Å². The van der Waals surface area contributed by atoms with Gasteiger partial charge >= 0.3 is 0 Å². The number of carbonyl (C=O) groups excluding carboxylic acids is 2. The Kier molecular flexibility index (Phi) is 7.80. The maximum atomic E-state index is 13.4. The Morgan fingerprint density at radius 2 is 1.97 bits per heavy atom. The zero-order valence-electron chi connectivity index (χ0n) is 21.9. The van der Waals surface area contributed by atoms with E-state index in [1.165, 1.54) is 30.6 Å². The molecule has 4 aromatic rings. The summed E-state index contributed by atoms with van der Waals surface area (Å²) in [6, 6.07) is 7.22. The fraction of sp³-hybridized carbons (Fsp3) is 0.407. The highest BCUT2D eigenvalue weighted by Crippen LogP contribution is 2.33. The van der Waals surface area contributed by atoms with Gasteiger partial charge in [-0.05, 0) is 63.8 Å². The quantitative estimate of drug-likeness (QED) is 0.357. The summed E-state index contributed by atoms with van der Waals surface area (Å²) in [5.41, 5.74) is 2.15. The first-order chi connectivity index (χ1) is 18.9. The van der Waals surface area contributed by atoms with Crippen molar-refractivity contribution in [2.24, 2.45) is 10.9 Å². The minimum atomic E-state index is -0.488. The van der Waals surface area contributed by atoms with Crippen LogP contribution < -0.4 is 15.7 Å². The number of pyridine rings is 1. The molecule has 204 valence electrons. The molecule has 2 amide bonds. The average Bonchev–Trinajstić information content (AvgIpc) is 3.56. The van der Waals surface area contributed by atoms with Gasteiger partial charge in [-0.25, -0.2) is 19.0 Å². The third-order valence-corrected chi connectivity index (χ3v) is 6.79. The lowest BCUT2D eigenvalue weighted by Crippen LogP contribution is -2.38. The molecule has 0 unspecified atom stereocenters. The molecule has 11 nitrogen and oxygen atoms in total. The lowest BCUT2D eigenvalue weighted by molar-refractivity contribution is -0.126. The monoisotopic (exact) mass is 534 g/mol. The van der Waals surface area contributed by atoms with Gasteiger partial charge in [0.1, 0.15) is 25.1 Å². The van der Waals surface area contributed by atoms with Gasteiger partial charge in [-0.2, -0.15) is 10.1 Å². The molecule has 1 aliphatic rings. The number of hydrogen-bond acceptors (Lipinski definition) is 6. The number of aromatic amines is 1. The first-order valence-corrected chi connectivity index (χ1v) is 13.1. The molecule has 1 fully saturated rings. The fourth-order valence-corrected chi connectivity index (χ4v) is 4.89. The Morgan fingerprint density at radius 1 is 1.21 bits per heavy atom. The standard InChI is InChI=1S/C27H31FN8O3/c1-17(2)32-25(37)19-5-9-21(10-6-19)36-23-13-24(39-12-11-35-16-29-15-31-35)30-14-22(23)33-27(36)34-26(38)18-3-7-20(28)8-4-18/h3-4,7-8,13-17,19,21H,5-6,9-12H2,1-2H3,(H,32,37)(H,33,34,38). The van der Waals surface area contributed by atoms with Crippen LogP contribution in [-0.4, -0.2) is 53.8 Å². The third-order valence-electron chi connectivity index (χ3n) is 6.79. The van der Waals surface area contributed by atoms with E-state index in [-0.39, 0.29) is 29.5 Å². The molecule has 0 bridgehead atoms. The minimum absolute atomic E-state index is 0.00650. The number of nitrogens with one attached hydrogen (secondary N) is 2. The Morgan fingerprint density at radius 3 is 2.67 bits per heavy atom. The fourth-order valence-electron chi connectivity index (χ4n) is 4.89. The van der Waals surface area contributed by atoms with Crippen molar-refractivity contribution in [1.82, 2.24) is 34.6 Å².